The molecule has 94 valence electrons. The number of nitrogens with two attached hydrogens (primary N) is 1. The van der Waals surface area contributed by atoms with Crippen molar-refractivity contribution in [2.45, 2.75) is 12.8 Å². The van der Waals surface area contributed by atoms with Crippen molar-refractivity contribution in [3.05, 3.63) is 22.7 Å². The molecule has 0 saturated carbocycles. The molecule has 1 saturated heterocycles. The van der Waals surface area contributed by atoms with Crippen LogP contribution in [-0.4, -0.2) is 31.6 Å². The largest absolute Gasteiger partial charge is 0.399 e. The fourth-order valence-corrected chi connectivity index (χ4v) is 2.73. The highest BCUT2D eigenvalue weighted by atomic mass is 79.9. The van der Waals surface area contributed by atoms with E-state index in [2.05, 4.69) is 33.2 Å². The summed E-state index contributed by atoms with van der Waals surface area (Å²) in [7, 11) is 2.19. The summed E-state index contributed by atoms with van der Waals surface area (Å²) in [4.78, 5) is 2.40. The van der Waals surface area contributed by atoms with Gasteiger partial charge in [-0.25, -0.2) is 0 Å². The lowest BCUT2D eigenvalue weighted by Gasteiger charge is -2.29. The first kappa shape index (κ1) is 12.7. The van der Waals surface area contributed by atoms with Gasteiger partial charge in [-0.3, -0.25) is 0 Å². The van der Waals surface area contributed by atoms with E-state index in [9.17, 15) is 0 Å². The van der Waals surface area contributed by atoms with Gasteiger partial charge in [0, 0.05) is 22.4 Å². The summed E-state index contributed by atoms with van der Waals surface area (Å²) in [6.45, 7) is 3.49. The molecule has 3 N–H and O–H groups in total. The minimum atomic E-state index is 0.788. The Morgan fingerprint density at radius 2 is 2.12 bits per heavy atom. The van der Waals surface area contributed by atoms with Crippen LogP contribution in [0.4, 0.5) is 11.4 Å². The molecular formula is C13H20BrN3. The van der Waals surface area contributed by atoms with Crippen molar-refractivity contribution in [2.24, 2.45) is 5.92 Å². The number of piperidine rings is 1. The molecule has 1 aromatic carbocycles. The number of hydrogen-bond acceptors (Lipinski definition) is 3. The van der Waals surface area contributed by atoms with E-state index in [0.717, 1.165) is 28.3 Å². The fourth-order valence-electron chi connectivity index (χ4n) is 2.20. The summed E-state index contributed by atoms with van der Waals surface area (Å²) in [6, 6.07) is 5.91. The Morgan fingerprint density at radius 3 is 2.76 bits per heavy atom. The van der Waals surface area contributed by atoms with E-state index < -0.39 is 0 Å². The highest BCUT2D eigenvalue weighted by Gasteiger charge is 2.16. The van der Waals surface area contributed by atoms with Gasteiger partial charge in [0.15, 0.2) is 0 Å². The molecule has 0 aromatic heterocycles. The van der Waals surface area contributed by atoms with E-state index in [4.69, 9.17) is 5.73 Å². The van der Waals surface area contributed by atoms with Gasteiger partial charge in [-0.1, -0.05) is 0 Å². The predicted molar refractivity (Wildman–Crippen MR) is 77.3 cm³/mol. The van der Waals surface area contributed by atoms with Gasteiger partial charge in [-0.05, 0) is 73.0 Å². The molecule has 0 aliphatic carbocycles. The minimum Gasteiger partial charge on any atom is -0.399 e. The Balaban J connectivity index is 1.85. The number of halogens is 1. The van der Waals surface area contributed by atoms with Crippen molar-refractivity contribution >= 4 is 27.3 Å². The van der Waals surface area contributed by atoms with Crippen LogP contribution in [0.2, 0.25) is 0 Å². The summed E-state index contributed by atoms with van der Waals surface area (Å²) in [5.41, 5.74) is 7.65. The van der Waals surface area contributed by atoms with Gasteiger partial charge in [0.1, 0.15) is 0 Å². The molecule has 17 heavy (non-hydrogen) atoms. The van der Waals surface area contributed by atoms with Gasteiger partial charge in [-0.15, -0.1) is 0 Å². The smallest absolute Gasteiger partial charge is 0.0486 e. The molecule has 1 fully saturated rings. The van der Waals surface area contributed by atoms with Crippen LogP contribution in [0, 0.1) is 5.92 Å². The highest BCUT2D eigenvalue weighted by molar-refractivity contribution is 9.10. The average molecular weight is 298 g/mol. The van der Waals surface area contributed by atoms with Crippen molar-refractivity contribution < 1.29 is 0 Å². The quantitative estimate of drug-likeness (QED) is 0.843. The predicted octanol–water partition coefficient (Wildman–Crippen LogP) is 2.79. The third-order valence-electron chi connectivity index (χ3n) is 3.41. The highest BCUT2D eigenvalue weighted by Crippen LogP contribution is 2.25. The summed E-state index contributed by atoms with van der Waals surface area (Å²) >= 11 is 3.53. The molecule has 0 radical (unpaired) electrons. The van der Waals surface area contributed by atoms with Crippen molar-refractivity contribution in [1.82, 2.24) is 4.90 Å². The molecule has 0 bridgehead atoms. The topological polar surface area (TPSA) is 41.3 Å². The molecule has 3 nitrogen and oxygen atoms in total. The molecule has 1 aliphatic heterocycles. The third kappa shape index (κ3) is 3.61. The van der Waals surface area contributed by atoms with Crippen molar-refractivity contribution in [1.29, 1.82) is 0 Å². The number of nitrogens with one attached hydrogen (secondary N) is 1. The maximum Gasteiger partial charge on any atom is 0.0486 e. The second kappa shape index (κ2) is 5.74. The van der Waals surface area contributed by atoms with Crippen LogP contribution in [0.25, 0.3) is 0 Å². The maximum atomic E-state index is 5.72. The maximum absolute atomic E-state index is 5.72. The van der Waals surface area contributed by atoms with Gasteiger partial charge in [0.05, 0.1) is 0 Å². The number of nitrogen functional groups attached to an aromatic ring is 1. The molecule has 1 heterocycles. The lowest BCUT2D eigenvalue weighted by molar-refractivity contribution is 0.226. The Kier molecular flexibility index (Phi) is 4.29. The summed E-state index contributed by atoms with van der Waals surface area (Å²) in [5, 5.41) is 3.50. The molecule has 0 atom stereocenters. The number of likely N-dealkylation sites (tertiary alicyclic amines) is 1. The van der Waals surface area contributed by atoms with E-state index in [0.29, 0.717) is 0 Å². The first-order chi connectivity index (χ1) is 8.15. The van der Waals surface area contributed by atoms with Crippen LogP contribution in [0.1, 0.15) is 12.8 Å². The van der Waals surface area contributed by atoms with E-state index in [1.165, 1.54) is 25.9 Å². The number of benzene rings is 1. The molecule has 4 heteroatoms. The van der Waals surface area contributed by atoms with Crippen LogP contribution in [0.3, 0.4) is 0 Å². The van der Waals surface area contributed by atoms with Crippen LogP contribution in [0.5, 0.6) is 0 Å². The van der Waals surface area contributed by atoms with Gasteiger partial charge < -0.3 is 16.0 Å². The molecule has 1 aliphatic rings. The van der Waals surface area contributed by atoms with E-state index >= 15 is 0 Å². The average Bonchev–Trinajstić information content (AvgIpc) is 2.30. The van der Waals surface area contributed by atoms with Crippen molar-refractivity contribution in [2.75, 3.05) is 37.7 Å². The Labute approximate surface area is 111 Å². The van der Waals surface area contributed by atoms with Crippen molar-refractivity contribution in [3.8, 4) is 0 Å². The number of nitrogens with zero attached hydrogens (tertiary/aromatic N) is 1. The van der Waals surface area contributed by atoms with Gasteiger partial charge in [0.2, 0.25) is 0 Å². The van der Waals surface area contributed by atoms with Crippen LogP contribution < -0.4 is 11.1 Å². The normalized spacial score (nSPS) is 18.2. The fraction of sp³-hybridized carbons (Fsp3) is 0.538. The standard InChI is InChI=1S/C13H20BrN3/c1-17-6-4-10(5-7-17)9-16-13-3-2-11(15)8-12(13)14/h2-3,8,10,16H,4-7,9,15H2,1H3. The van der Waals surface area contributed by atoms with Gasteiger partial charge in [0.25, 0.3) is 0 Å². The molecule has 0 unspecified atom stereocenters. The number of hydrogen-bond donors (Lipinski definition) is 2. The zero-order chi connectivity index (χ0) is 12.3. The lowest BCUT2D eigenvalue weighted by Crippen LogP contribution is -2.32. The number of rotatable bonds is 3. The van der Waals surface area contributed by atoms with E-state index in [-0.39, 0.29) is 0 Å². The molecule has 2 rings (SSSR count). The molecule has 0 spiro atoms. The summed E-state index contributed by atoms with van der Waals surface area (Å²) in [5.74, 6) is 0.788. The number of anilines is 2. The monoisotopic (exact) mass is 297 g/mol. The molecular weight excluding hydrogens is 278 g/mol. The van der Waals surface area contributed by atoms with Gasteiger partial charge >= 0.3 is 0 Å². The third-order valence-corrected chi connectivity index (χ3v) is 4.07. The Bertz CT molecular complexity index is 373. The Morgan fingerprint density at radius 1 is 1.41 bits per heavy atom. The van der Waals surface area contributed by atoms with Crippen LogP contribution in [-0.2, 0) is 0 Å². The zero-order valence-electron chi connectivity index (χ0n) is 10.2. The van der Waals surface area contributed by atoms with Crippen LogP contribution in [0.15, 0.2) is 22.7 Å². The summed E-state index contributed by atoms with van der Waals surface area (Å²) < 4.78 is 1.05. The minimum absolute atomic E-state index is 0.788. The molecule has 0 amide bonds. The first-order valence-corrected chi connectivity index (χ1v) is 6.92. The van der Waals surface area contributed by atoms with Crippen LogP contribution >= 0.6 is 15.9 Å². The van der Waals surface area contributed by atoms with Crippen molar-refractivity contribution in [3.63, 3.8) is 0 Å². The second-order valence-electron chi connectivity index (χ2n) is 4.87. The first-order valence-electron chi connectivity index (χ1n) is 6.12. The second-order valence-corrected chi connectivity index (χ2v) is 5.72. The van der Waals surface area contributed by atoms with E-state index in [1.54, 1.807) is 0 Å². The SMILES string of the molecule is CN1CCC(CNc2ccc(N)cc2Br)CC1. The Hall–Kier alpha value is -0.740. The van der Waals surface area contributed by atoms with Gasteiger partial charge in [-0.2, -0.15) is 0 Å². The van der Waals surface area contributed by atoms with E-state index in [1.807, 2.05) is 18.2 Å². The summed E-state index contributed by atoms with van der Waals surface area (Å²) in [6.07, 6.45) is 2.58. The molecule has 1 aromatic rings. The lowest BCUT2D eigenvalue weighted by atomic mass is 9.97. The zero-order valence-corrected chi connectivity index (χ0v) is 11.8.